The first kappa shape index (κ1) is 12.9. The normalized spacial score (nSPS) is 17.5. The van der Waals surface area contributed by atoms with Gasteiger partial charge < -0.3 is 0 Å². The molecule has 5 heteroatoms. The number of fused-ring (bicyclic) bond motifs is 1. The second-order valence-electron chi connectivity index (χ2n) is 5.64. The number of thioether (sulfide) groups is 1. The molecule has 0 saturated carbocycles. The van der Waals surface area contributed by atoms with Gasteiger partial charge in [0.25, 0.3) is 0 Å². The fraction of sp³-hybridized carbons (Fsp3) is 0.429. The highest BCUT2D eigenvalue weighted by molar-refractivity contribution is 8.00. The summed E-state index contributed by atoms with van der Waals surface area (Å²) in [5.74, 6) is 0.283. The molecule has 0 N–H and O–H groups in total. The van der Waals surface area contributed by atoms with Gasteiger partial charge in [-0.3, -0.25) is 4.79 Å². The first-order valence-corrected chi connectivity index (χ1v) is 8.29. The molecule has 0 bridgehead atoms. The van der Waals surface area contributed by atoms with Gasteiger partial charge in [-0.15, -0.1) is 23.1 Å². The summed E-state index contributed by atoms with van der Waals surface area (Å²) in [7, 11) is 0. The molecule has 3 nitrogen and oxygen atoms in total. The van der Waals surface area contributed by atoms with Crippen molar-refractivity contribution in [2.24, 2.45) is 5.41 Å². The molecule has 2 heterocycles. The van der Waals surface area contributed by atoms with E-state index in [0.29, 0.717) is 6.42 Å². The first-order valence-electron chi connectivity index (χ1n) is 6.25. The van der Waals surface area contributed by atoms with Crippen molar-refractivity contribution in [3.05, 3.63) is 29.6 Å². The van der Waals surface area contributed by atoms with Crippen LogP contribution < -0.4 is 0 Å². The molecule has 0 unspecified atom stereocenters. The third-order valence-corrected chi connectivity index (χ3v) is 5.77. The zero-order chi connectivity index (χ0) is 13.6. The largest absolute Gasteiger partial charge is 0.294 e. The van der Waals surface area contributed by atoms with Crippen LogP contribution in [0, 0.1) is 5.41 Å². The third-order valence-electron chi connectivity index (χ3n) is 3.42. The molecule has 0 atom stereocenters. The summed E-state index contributed by atoms with van der Waals surface area (Å²) in [6, 6.07) is 1.92. The molecule has 1 aliphatic carbocycles. The van der Waals surface area contributed by atoms with E-state index in [1.54, 1.807) is 29.3 Å². The highest BCUT2D eigenvalue weighted by atomic mass is 32.2. The van der Waals surface area contributed by atoms with Gasteiger partial charge in [0, 0.05) is 29.9 Å². The Morgan fingerprint density at radius 2 is 2.21 bits per heavy atom. The van der Waals surface area contributed by atoms with Gasteiger partial charge in [-0.25, -0.2) is 4.68 Å². The average Bonchev–Trinajstić information content (AvgIpc) is 2.93. The topological polar surface area (TPSA) is 34.9 Å². The van der Waals surface area contributed by atoms with Crippen LogP contribution in [0.3, 0.4) is 0 Å². The van der Waals surface area contributed by atoms with Crippen LogP contribution in [0.4, 0.5) is 0 Å². The van der Waals surface area contributed by atoms with Gasteiger partial charge in [0.05, 0.1) is 4.21 Å². The van der Waals surface area contributed by atoms with Crippen LogP contribution in [-0.4, -0.2) is 21.8 Å². The predicted molar refractivity (Wildman–Crippen MR) is 79.7 cm³/mol. The summed E-state index contributed by atoms with van der Waals surface area (Å²) in [4.78, 5) is 12.4. The summed E-state index contributed by atoms with van der Waals surface area (Å²) in [6.45, 7) is 4.33. The number of hydrogen-bond donors (Lipinski definition) is 0. The zero-order valence-corrected chi connectivity index (χ0v) is 12.9. The molecule has 0 saturated heterocycles. The molecular formula is C14H16N2OS2. The average molecular weight is 292 g/mol. The second-order valence-corrected chi connectivity index (χ2v) is 7.72. The van der Waals surface area contributed by atoms with Crippen LogP contribution >= 0.6 is 23.1 Å². The smallest absolute Gasteiger partial charge is 0.165 e. The first-order chi connectivity index (χ1) is 9.02. The predicted octanol–water partition coefficient (Wildman–Crippen LogP) is 3.81. The van der Waals surface area contributed by atoms with Gasteiger partial charge >= 0.3 is 0 Å². The zero-order valence-electron chi connectivity index (χ0n) is 11.3. The minimum absolute atomic E-state index is 0.0444. The molecule has 0 fully saturated rings. The minimum Gasteiger partial charge on any atom is -0.294 e. The van der Waals surface area contributed by atoms with Gasteiger partial charge in [-0.05, 0) is 24.2 Å². The molecule has 100 valence electrons. The number of Topliss-reactive ketones (excluding diaryl/α,β-unsaturated/α-hetero) is 1. The highest BCUT2D eigenvalue weighted by Gasteiger charge is 2.36. The summed E-state index contributed by atoms with van der Waals surface area (Å²) in [5, 5.41) is 5.42. The maximum atomic E-state index is 12.4. The monoisotopic (exact) mass is 292 g/mol. The van der Waals surface area contributed by atoms with Gasteiger partial charge in [0.2, 0.25) is 0 Å². The van der Waals surface area contributed by atoms with Crippen molar-refractivity contribution in [1.29, 1.82) is 0 Å². The SMILES string of the molecule is CSc1sc(-n2cccn2)c2c1C(=O)CC(C)(C)C2. The van der Waals surface area contributed by atoms with Crippen LogP contribution in [0.15, 0.2) is 22.7 Å². The van der Waals surface area contributed by atoms with Crippen molar-refractivity contribution in [2.45, 2.75) is 30.9 Å². The summed E-state index contributed by atoms with van der Waals surface area (Å²) < 4.78 is 3.01. The minimum atomic E-state index is 0.0444. The number of aromatic nitrogens is 2. The number of thiophene rings is 1. The lowest BCUT2D eigenvalue weighted by Gasteiger charge is -2.29. The van der Waals surface area contributed by atoms with Crippen molar-refractivity contribution in [1.82, 2.24) is 9.78 Å². The Morgan fingerprint density at radius 1 is 1.42 bits per heavy atom. The fourth-order valence-corrected chi connectivity index (χ4v) is 4.68. The molecule has 19 heavy (non-hydrogen) atoms. The van der Waals surface area contributed by atoms with E-state index < -0.39 is 0 Å². The lowest BCUT2D eigenvalue weighted by Crippen LogP contribution is -2.27. The molecule has 3 rings (SSSR count). The number of carbonyl (C=O) groups excluding carboxylic acids is 1. The van der Waals surface area contributed by atoms with Crippen molar-refractivity contribution in [2.75, 3.05) is 6.26 Å². The van der Waals surface area contributed by atoms with E-state index >= 15 is 0 Å². The van der Waals surface area contributed by atoms with Crippen LogP contribution in [0.1, 0.15) is 36.2 Å². The summed E-state index contributed by atoms with van der Waals surface area (Å²) in [6.07, 6.45) is 7.35. The lowest BCUT2D eigenvalue weighted by atomic mass is 9.75. The van der Waals surface area contributed by atoms with E-state index in [-0.39, 0.29) is 11.2 Å². The molecule has 0 aliphatic heterocycles. The molecule has 2 aromatic heterocycles. The molecule has 0 amide bonds. The molecule has 0 aromatic carbocycles. The van der Waals surface area contributed by atoms with E-state index in [9.17, 15) is 4.79 Å². The maximum absolute atomic E-state index is 12.4. The molecule has 0 radical (unpaired) electrons. The van der Waals surface area contributed by atoms with Gasteiger partial charge in [0.1, 0.15) is 5.00 Å². The van der Waals surface area contributed by atoms with E-state index in [1.165, 1.54) is 5.56 Å². The van der Waals surface area contributed by atoms with Gasteiger partial charge in [-0.1, -0.05) is 13.8 Å². The molecule has 1 aliphatic rings. The number of carbonyl (C=O) groups is 1. The highest BCUT2D eigenvalue weighted by Crippen LogP contribution is 2.45. The van der Waals surface area contributed by atoms with E-state index in [1.807, 2.05) is 23.2 Å². The van der Waals surface area contributed by atoms with Crippen LogP contribution in [0.25, 0.3) is 5.00 Å². The number of hydrogen-bond acceptors (Lipinski definition) is 4. The van der Waals surface area contributed by atoms with Crippen LogP contribution in [0.5, 0.6) is 0 Å². The second kappa shape index (κ2) is 4.49. The Hall–Kier alpha value is -1.07. The third kappa shape index (κ3) is 2.15. The van der Waals surface area contributed by atoms with E-state index in [4.69, 9.17) is 0 Å². The molecule has 0 spiro atoms. The number of nitrogens with zero attached hydrogens (tertiary/aromatic N) is 2. The summed E-state index contributed by atoms with van der Waals surface area (Å²) in [5.41, 5.74) is 2.17. The van der Waals surface area contributed by atoms with Crippen molar-refractivity contribution < 1.29 is 4.79 Å². The Morgan fingerprint density at radius 3 is 2.84 bits per heavy atom. The van der Waals surface area contributed by atoms with Crippen molar-refractivity contribution >= 4 is 28.9 Å². The maximum Gasteiger partial charge on any atom is 0.165 e. The van der Waals surface area contributed by atoms with Crippen LogP contribution in [0.2, 0.25) is 0 Å². The fourth-order valence-electron chi connectivity index (χ4n) is 2.66. The number of ketones is 1. The Balaban J connectivity index is 2.21. The molecule has 2 aromatic rings. The lowest BCUT2D eigenvalue weighted by molar-refractivity contribution is 0.0910. The van der Waals surface area contributed by atoms with Gasteiger partial charge in [-0.2, -0.15) is 5.10 Å². The standard InChI is InChI=1S/C14H16N2OS2/c1-14(2)7-9-11(10(17)8-14)13(18-3)19-12(9)16-6-4-5-15-16/h4-6H,7-8H2,1-3H3. The van der Waals surface area contributed by atoms with Crippen LogP contribution in [-0.2, 0) is 6.42 Å². The summed E-state index contributed by atoms with van der Waals surface area (Å²) >= 11 is 3.34. The van der Waals surface area contributed by atoms with E-state index in [0.717, 1.165) is 21.2 Å². The quantitative estimate of drug-likeness (QED) is 0.789. The Labute approximate surface area is 121 Å². The van der Waals surface area contributed by atoms with Crippen molar-refractivity contribution in [3.8, 4) is 5.00 Å². The Kier molecular flexibility index (Phi) is 3.06. The van der Waals surface area contributed by atoms with Crippen molar-refractivity contribution in [3.63, 3.8) is 0 Å². The van der Waals surface area contributed by atoms with E-state index in [2.05, 4.69) is 18.9 Å². The van der Waals surface area contributed by atoms with Gasteiger partial charge in [0.15, 0.2) is 5.78 Å². The molecular weight excluding hydrogens is 276 g/mol. The number of rotatable bonds is 2. The Bertz CT molecular complexity index is 626.